The predicted molar refractivity (Wildman–Crippen MR) is 67.8 cm³/mol. The van der Waals surface area contributed by atoms with Gasteiger partial charge in [0, 0.05) is 0 Å². The molecule has 0 radical (unpaired) electrons. The third-order valence-corrected chi connectivity index (χ3v) is 3.27. The lowest BCUT2D eigenvalue weighted by atomic mass is 10.1. The molecule has 96 valence electrons. The largest absolute Gasteiger partial charge is 0.477 e. The van der Waals surface area contributed by atoms with Gasteiger partial charge >= 0.3 is 0 Å². The lowest BCUT2D eigenvalue weighted by Crippen LogP contribution is -2.28. The number of ether oxygens (including phenoxy) is 2. The molecule has 0 unspecified atom stereocenters. The zero-order chi connectivity index (χ0) is 12.4. The molecule has 1 N–H and O–H groups in total. The first-order valence-electron chi connectivity index (χ1n) is 6.38. The first-order chi connectivity index (χ1) is 8.06. The van der Waals surface area contributed by atoms with Crippen molar-refractivity contribution in [3.05, 3.63) is 12.0 Å². The van der Waals surface area contributed by atoms with Crippen molar-refractivity contribution in [2.45, 2.75) is 39.8 Å². The molecule has 2 aliphatic rings. The van der Waals surface area contributed by atoms with Crippen LogP contribution in [0, 0.1) is 11.8 Å². The van der Waals surface area contributed by atoms with E-state index >= 15 is 0 Å². The highest BCUT2D eigenvalue weighted by Crippen LogP contribution is 2.17. The third-order valence-electron chi connectivity index (χ3n) is 3.27. The average molecular weight is 238 g/mol. The molecule has 0 aliphatic carbocycles. The summed E-state index contributed by atoms with van der Waals surface area (Å²) in [6.07, 6.45) is 1.87. The van der Waals surface area contributed by atoms with Gasteiger partial charge < -0.3 is 14.8 Å². The maximum Gasteiger partial charge on any atom is 0.214 e. The van der Waals surface area contributed by atoms with Crippen molar-refractivity contribution in [2.24, 2.45) is 16.8 Å². The van der Waals surface area contributed by atoms with Gasteiger partial charge in [-0.3, -0.25) is 0 Å². The SMILES string of the molecule is CC(C)[C@H]1COC(/C=C2/N[C@@H](C(C)C)CO2)=N1. The van der Waals surface area contributed by atoms with Gasteiger partial charge in [-0.2, -0.15) is 0 Å². The van der Waals surface area contributed by atoms with Crippen LogP contribution in [0.3, 0.4) is 0 Å². The number of aliphatic imine (C=N–C) groups is 1. The van der Waals surface area contributed by atoms with Crippen molar-refractivity contribution in [3.8, 4) is 0 Å². The van der Waals surface area contributed by atoms with E-state index in [-0.39, 0.29) is 6.04 Å². The topological polar surface area (TPSA) is 42.8 Å². The zero-order valence-corrected chi connectivity index (χ0v) is 11.1. The van der Waals surface area contributed by atoms with Crippen molar-refractivity contribution in [1.29, 1.82) is 0 Å². The van der Waals surface area contributed by atoms with E-state index in [2.05, 4.69) is 38.0 Å². The van der Waals surface area contributed by atoms with Crippen molar-refractivity contribution in [3.63, 3.8) is 0 Å². The molecule has 2 rings (SSSR count). The van der Waals surface area contributed by atoms with E-state index < -0.39 is 0 Å². The van der Waals surface area contributed by atoms with E-state index in [1.807, 2.05) is 6.08 Å². The van der Waals surface area contributed by atoms with E-state index in [1.54, 1.807) is 0 Å². The summed E-state index contributed by atoms with van der Waals surface area (Å²) < 4.78 is 11.1. The fourth-order valence-corrected chi connectivity index (χ4v) is 1.83. The minimum absolute atomic E-state index is 0.282. The molecule has 4 heteroatoms. The molecule has 2 heterocycles. The number of hydrogen-bond acceptors (Lipinski definition) is 4. The summed E-state index contributed by atoms with van der Waals surface area (Å²) in [6.45, 7) is 10.1. The molecule has 1 fully saturated rings. The second kappa shape index (κ2) is 4.98. The van der Waals surface area contributed by atoms with Gasteiger partial charge in [-0.05, 0) is 11.8 Å². The standard InChI is InChI=1S/C13H22N2O2/c1-8(2)10-6-16-12(14-10)5-13-15-11(7-17-13)9(3)4/h5,8-11,14H,6-7H2,1-4H3/b12-5-/t10-,11-/m1/s1. The first kappa shape index (κ1) is 12.3. The quantitative estimate of drug-likeness (QED) is 0.817. The summed E-state index contributed by atoms with van der Waals surface area (Å²) in [7, 11) is 0. The molecule has 2 aliphatic heterocycles. The Hall–Kier alpha value is -1.19. The lowest BCUT2D eigenvalue weighted by Gasteiger charge is -2.10. The number of rotatable bonds is 3. The Morgan fingerprint density at radius 1 is 1.18 bits per heavy atom. The molecule has 0 saturated carbocycles. The zero-order valence-electron chi connectivity index (χ0n) is 11.1. The highest BCUT2D eigenvalue weighted by atomic mass is 16.5. The maximum atomic E-state index is 5.57. The minimum Gasteiger partial charge on any atom is -0.477 e. The van der Waals surface area contributed by atoms with Crippen molar-refractivity contribution < 1.29 is 9.47 Å². The van der Waals surface area contributed by atoms with E-state index in [0.29, 0.717) is 30.4 Å². The maximum absolute atomic E-state index is 5.57. The molecule has 0 spiro atoms. The van der Waals surface area contributed by atoms with Crippen molar-refractivity contribution in [2.75, 3.05) is 13.2 Å². The fourth-order valence-electron chi connectivity index (χ4n) is 1.83. The molecule has 0 aromatic rings. The van der Waals surface area contributed by atoms with Gasteiger partial charge in [-0.1, -0.05) is 27.7 Å². The summed E-state index contributed by atoms with van der Waals surface area (Å²) in [5, 5.41) is 3.34. The van der Waals surface area contributed by atoms with Gasteiger partial charge in [-0.25, -0.2) is 4.99 Å². The Morgan fingerprint density at radius 2 is 1.94 bits per heavy atom. The summed E-state index contributed by atoms with van der Waals surface area (Å²) >= 11 is 0. The van der Waals surface area contributed by atoms with Crippen LogP contribution in [0.25, 0.3) is 0 Å². The molecular weight excluding hydrogens is 216 g/mol. The predicted octanol–water partition coefficient (Wildman–Crippen LogP) is 1.93. The van der Waals surface area contributed by atoms with E-state index in [9.17, 15) is 0 Å². The highest BCUT2D eigenvalue weighted by Gasteiger charge is 2.25. The normalized spacial score (nSPS) is 30.5. The van der Waals surface area contributed by atoms with Crippen LogP contribution < -0.4 is 5.32 Å². The van der Waals surface area contributed by atoms with Gasteiger partial charge in [0.2, 0.25) is 5.90 Å². The van der Waals surface area contributed by atoms with E-state index in [0.717, 1.165) is 12.5 Å². The minimum atomic E-state index is 0.282. The monoisotopic (exact) mass is 238 g/mol. The molecule has 0 aromatic heterocycles. The molecule has 0 bridgehead atoms. The van der Waals surface area contributed by atoms with Crippen LogP contribution in [0.5, 0.6) is 0 Å². The average Bonchev–Trinajstić information content (AvgIpc) is 2.87. The second-order valence-corrected chi connectivity index (χ2v) is 5.40. The third kappa shape index (κ3) is 2.93. The second-order valence-electron chi connectivity index (χ2n) is 5.40. The Labute approximate surface area is 103 Å². The summed E-state index contributed by atoms with van der Waals surface area (Å²) in [6, 6.07) is 0.674. The van der Waals surface area contributed by atoms with Gasteiger partial charge in [-0.15, -0.1) is 0 Å². The van der Waals surface area contributed by atoms with Crippen molar-refractivity contribution >= 4 is 5.90 Å². The van der Waals surface area contributed by atoms with Crippen LogP contribution >= 0.6 is 0 Å². The Bertz CT molecular complexity index is 334. The van der Waals surface area contributed by atoms with E-state index in [1.165, 1.54) is 0 Å². The molecule has 0 aromatic carbocycles. The summed E-state index contributed by atoms with van der Waals surface area (Å²) in [4.78, 5) is 4.52. The Kier molecular flexibility index (Phi) is 3.60. The van der Waals surface area contributed by atoms with Crippen LogP contribution in [0.4, 0.5) is 0 Å². The summed E-state index contributed by atoms with van der Waals surface area (Å²) in [5.41, 5.74) is 0. The lowest BCUT2D eigenvalue weighted by molar-refractivity contribution is 0.243. The summed E-state index contributed by atoms with van der Waals surface area (Å²) in [5.74, 6) is 2.56. The van der Waals surface area contributed by atoms with Crippen LogP contribution in [0.1, 0.15) is 27.7 Å². The fraction of sp³-hybridized carbons (Fsp3) is 0.769. The van der Waals surface area contributed by atoms with Gasteiger partial charge in [0.15, 0.2) is 5.88 Å². The van der Waals surface area contributed by atoms with Gasteiger partial charge in [0.1, 0.15) is 13.2 Å². The highest BCUT2D eigenvalue weighted by molar-refractivity contribution is 5.89. The van der Waals surface area contributed by atoms with E-state index in [4.69, 9.17) is 9.47 Å². The molecule has 17 heavy (non-hydrogen) atoms. The van der Waals surface area contributed by atoms with Crippen LogP contribution in [0.2, 0.25) is 0 Å². The number of nitrogens with one attached hydrogen (secondary N) is 1. The van der Waals surface area contributed by atoms with Gasteiger partial charge in [0.25, 0.3) is 0 Å². The Morgan fingerprint density at radius 3 is 2.47 bits per heavy atom. The Balaban J connectivity index is 1.95. The van der Waals surface area contributed by atoms with Gasteiger partial charge in [0.05, 0.1) is 18.2 Å². The number of hydrogen-bond donors (Lipinski definition) is 1. The molecule has 2 atom stereocenters. The molecule has 4 nitrogen and oxygen atoms in total. The molecular formula is C13H22N2O2. The van der Waals surface area contributed by atoms with Crippen LogP contribution in [-0.4, -0.2) is 31.2 Å². The molecule has 1 saturated heterocycles. The first-order valence-corrected chi connectivity index (χ1v) is 6.38. The molecule has 0 amide bonds. The van der Waals surface area contributed by atoms with Crippen LogP contribution in [-0.2, 0) is 9.47 Å². The smallest absolute Gasteiger partial charge is 0.214 e. The van der Waals surface area contributed by atoms with Crippen LogP contribution in [0.15, 0.2) is 17.0 Å². The van der Waals surface area contributed by atoms with Crippen molar-refractivity contribution in [1.82, 2.24) is 5.32 Å². The number of nitrogens with zero attached hydrogens (tertiary/aromatic N) is 1.